The summed E-state index contributed by atoms with van der Waals surface area (Å²) in [5.41, 5.74) is 4.88. The Kier molecular flexibility index (Phi) is 5.66. The number of halogens is 5. The van der Waals surface area contributed by atoms with E-state index in [4.69, 9.17) is 28.3 Å². The minimum Gasteiger partial charge on any atom is -0.339 e. The summed E-state index contributed by atoms with van der Waals surface area (Å²) in [5, 5.41) is 9.29. The standard InChI is InChI=1S/C26H18Cl2F3N3/c1-15-14-34-25(32-23(15)17-7-9-18(10-8-17)26(29,30)31)22(20-12-11-19(27)13-21(20)28)24(33-34)16-5-3-2-4-6-16/h2-13,32H,14H2,1H3. The van der Waals surface area contributed by atoms with Crippen molar-refractivity contribution >= 4 is 34.7 Å². The minimum absolute atomic E-state index is 0.476. The molecular weight excluding hydrogens is 482 g/mol. The van der Waals surface area contributed by atoms with Crippen LogP contribution in [0, 0.1) is 0 Å². The van der Waals surface area contributed by atoms with Gasteiger partial charge in [0.05, 0.1) is 22.7 Å². The fraction of sp³-hybridized carbons (Fsp3) is 0.115. The smallest absolute Gasteiger partial charge is 0.339 e. The van der Waals surface area contributed by atoms with Crippen LogP contribution in [0.4, 0.5) is 19.0 Å². The van der Waals surface area contributed by atoms with Gasteiger partial charge in [-0.2, -0.15) is 18.3 Å². The summed E-state index contributed by atoms with van der Waals surface area (Å²) >= 11 is 12.7. The van der Waals surface area contributed by atoms with Crippen LogP contribution in [0.3, 0.4) is 0 Å². The van der Waals surface area contributed by atoms with Gasteiger partial charge in [0.25, 0.3) is 0 Å². The van der Waals surface area contributed by atoms with E-state index in [0.717, 1.165) is 45.8 Å². The Hall–Kier alpha value is -3.22. The maximum absolute atomic E-state index is 13.0. The van der Waals surface area contributed by atoms with Gasteiger partial charge in [-0.1, -0.05) is 71.7 Å². The summed E-state index contributed by atoms with van der Waals surface area (Å²) in [4.78, 5) is 0. The summed E-state index contributed by atoms with van der Waals surface area (Å²) in [6.45, 7) is 2.41. The number of nitrogens with zero attached hydrogens (tertiary/aromatic N) is 2. The van der Waals surface area contributed by atoms with Crippen LogP contribution < -0.4 is 5.32 Å². The molecular formula is C26H18Cl2F3N3. The zero-order valence-corrected chi connectivity index (χ0v) is 19.4. The van der Waals surface area contributed by atoms with Gasteiger partial charge in [-0.3, -0.25) is 0 Å². The summed E-state index contributed by atoms with van der Waals surface area (Å²) in [5.74, 6) is 0.712. The van der Waals surface area contributed by atoms with Crippen molar-refractivity contribution in [2.75, 3.05) is 5.32 Å². The van der Waals surface area contributed by atoms with Crippen molar-refractivity contribution in [2.24, 2.45) is 0 Å². The topological polar surface area (TPSA) is 29.9 Å². The fourth-order valence-corrected chi connectivity index (χ4v) is 4.63. The number of benzene rings is 3. The van der Waals surface area contributed by atoms with Crippen LogP contribution in [0.25, 0.3) is 28.1 Å². The van der Waals surface area contributed by atoms with E-state index in [1.807, 2.05) is 48.0 Å². The average Bonchev–Trinajstić information content (AvgIpc) is 3.16. The molecule has 8 heteroatoms. The van der Waals surface area contributed by atoms with Gasteiger partial charge in [0, 0.05) is 21.8 Å². The monoisotopic (exact) mass is 499 g/mol. The molecule has 1 N–H and O–H groups in total. The van der Waals surface area contributed by atoms with Crippen molar-refractivity contribution in [3.63, 3.8) is 0 Å². The van der Waals surface area contributed by atoms with Crippen molar-refractivity contribution in [1.29, 1.82) is 0 Å². The van der Waals surface area contributed by atoms with Crippen LogP contribution >= 0.6 is 23.2 Å². The van der Waals surface area contributed by atoms with Gasteiger partial charge in [0.2, 0.25) is 0 Å². The lowest BCUT2D eigenvalue weighted by Gasteiger charge is -2.23. The molecule has 1 aliphatic rings. The first-order chi connectivity index (χ1) is 16.2. The quantitative estimate of drug-likeness (QED) is 0.306. The molecule has 0 fully saturated rings. The Balaban J connectivity index is 1.64. The molecule has 0 unspecified atom stereocenters. The predicted octanol–water partition coefficient (Wildman–Crippen LogP) is 8.40. The Morgan fingerprint density at radius 3 is 2.26 bits per heavy atom. The Morgan fingerprint density at radius 2 is 1.62 bits per heavy atom. The van der Waals surface area contributed by atoms with E-state index in [9.17, 15) is 13.2 Å². The van der Waals surface area contributed by atoms with Gasteiger partial charge >= 0.3 is 6.18 Å². The molecule has 0 bridgehead atoms. The number of anilines is 1. The Morgan fingerprint density at radius 1 is 0.912 bits per heavy atom. The van der Waals surface area contributed by atoms with Gasteiger partial charge in [-0.25, -0.2) is 4.68 Å². The van der Waals surface area contributed by atoms with Crippen LogP contribution in [0.1, 0.15) is 18.1 Å². The van der Waals surface area contributed by atoms with Crippen molar-refractivity contribution in [3.05, 3.63) is 99.5 Å². The first-order valence-corrected chi connectivity index (χ1v) is 11.2. The largest absolute Gasteiger partial charge is 0.416 e. The van der Waals surface area contributed by atoms with Crippen LogP contribution in [0.5, 0.6) is 0 Å². The third kappa shape index (κ3) is 4.08. The van der Waals surface area contributed by atoms with Crippen molar-refractivity contribution in [1.82, 2.24) is 9.78 Å². The Bertz CT molecular complexity index is 1410. The van der Waals surface area contributed by atoms with Gasteiger partial charge in [0.1, 0.15) is 11.5 Å². The third-order valence-corrected chi connectivity index (χ3v) is 6.31. The van der Waals surface area contributed by atoms with Gasteiger partial charge in [0.15, 0.2) is 0 Å². The van der Waals surface area contributed by atoms with Crippen molar-refractivity contribution in [3.8, 4) is 22.4 Å². The molecule has 1 aliphatic heterocycles. The van der Waals surface area contributed by atoms with Gasteiger partial charge in [-0.05, 0) is 42.3 Å². The molecule has 172 valence electrons. The molecule has 2 heterocycles. The lowest BCUT2D eigenvalue weighted by atomic mass is 9.99. The number of fused-ring (bicyclic) bond motifs is 1. The number of hydrogen-bond donors (Lipinski definition) is 1. The van der Waals surface area contributed by atoms with Crippen molar-refractivity contribution in [2.45, 2.75) is 19.6 Å². The van der Waals surface area contributed by atoms with E-state index >= 15 is 0 Å². The number of hydrogen-bond acceptors (Lipinski definition) is 2. The van der Waals surface area contributed by atoms with Crippen LogP contribution in [0.2, 0.25) is 10.0 Å². The van der Waals surface area contributed by atoms with E-state index in [1.54, 1.807) is 12.1 Å². The maximum atomic E-state index is 13.0. The molecule has 0 amide bonds. The first kappa shape index (κ1) is 22.6. The van der Waals surface area contributed by atoms with Crippen molar-refractivity contribution < 1.29 is 13.2 Å². The maximum Gasteiger partial charge on any atom is 0.416 e. The second-order valence-corrected chi connectivity index (χ2v) is 8.92. The minimum atomic E-state index is -4.39. The summed E-state index contributed by atoms with van der Waals surface area (Å²) in [6.07, 6.45) is -4.39. The highest BCUT2D eigenvalue weighted by Crippen LogP contribution is 2.44. The van der Waals surface area contributed by atoms with Gasteiger partial charge in [-0.15, -0.1) is 0 Å². The molecule has 1 aromatic heterocycles. The zero-order valence-electron chi connectivity index (χ0n) is 17.9. The summed E-state index contributed by atoms with van der Waals surface area (Å²) in [6, 6.07) is 20.2. The third-order valence-electron chi connectivity index (χ3n) is 5.76. The average molecular weight is 500 g/mol. The molecule has 3 nitrogen and oxygen atoms in total. The van der Waals surface area contributed by atoms with Gasteiger partial charge < -0.3 is 5.32 Å². The fourth-order valence-electron chi connectivity index (χ4n) is 4.12. The molecule has 0 atom stereocenters. The molecule has 0 spiro atoms. The molecule has 0 aliphatic carbocycles. The SMILES string of the molecule is CC1=C(c2ccc(C(F)(F)F)cc2)Nc2c(-c3ccc(Cl)cc3Cl)c(-c3ccccc3)nn2C1. The van der Waals surface area contributed by atoms with E-state index in [2.05, 4.69) is 5.32 Å². The lowest BCUT2D eigenvalue weighted by molar-refractivity contribution is -0.137. The molecule has 0 saturated heterocycles. The van der Waals surface area contributed by atoms with E-state index in [1.165, 1.54) is 12.1 Å². The second kappa shape index (κ2) is 8.53. The highest BCUT2D eigenvalue weighted by molar-refractivity contribution is 6.36. The number of aromatic nitrogens is 2. The summed E-state index contributed by atoms with van der Waals surface area (Å²) in [7, 11) is 0. The van der Waals surface area contributed by atoms with E-state index in [-0.39, 0.29) is 0 Å². The zero-order chi connectivity index (χ0) is 24.0. The second-order valence-electron chi connectivity index (χ2n) is 8.08. The Labute approximate surface area is 204 Å². The van der Waals surface area contributed by atoms with E-state index < -0.39 is 11.7 Å². The lowest BCUT2D eigenvalue weighted by Crippen LogP contribution is -2.17. The van der Waals surface area contributed by atoms with Crippen LogP contribution in [0.15, 0.2) is 78.4 Å². The van der Waals surface area contributed by atoms with Crippen LogP contribution in [-0.2, 0) is 12.7 Å². The molecule has 0 radical (unpaired) electrons. The molecule has 5 rings (SSSR count). The number of rotatable bonds is 3. The molecule has 34 heavy (non-hydrogen) atoms. The summed E-state index contributed by atoms with van der Waals surface area (Å²) < 4.78 is 41.0. The predicted molar refractivity (Wildman–Crippen MR) is 131 cm³/mol. The number of nitrogens with one attached hydrogen (secondary N) is 1. The highest BCUT2D eigenvalue weighted by atomic mass is 35.5. The normalized spacial score (nSPS) is 13.6. The van der Waals surface area contributed by atoms with Crippen LogP contribution in [-0.4, -0.2) is 9.78 Å². The molecule has 4 aromatic rings. The number of allylic oxidation sites excluding steroid dienone is 1. The first-order valence-electron chi connectivity index (χ1n) is 10.5. The molecule has 0 saturated carbocycles. The van der Waals surface area contributed by atoms with E-state index in [0.29, 0.717) is 28.0 Å². The highest BCUT2D eigenvalue weighted by Gasteiger charge is 2.31. The number of alkyl halides is 3. The molecule has 3 aromatic carbocycles.